The molecule has 0 aromatic carbocycles. The van der Waals surface area contributed by atoms with E-state index in [9.17, 15) is 0 Å². The third-order valence-electron chi connectivity index (χ3n) is 1.71. The Bertz CT molecular complexity index is 439. The molecule has 0 fully saturated rings. The fourth-order valence-corrected chi connectivity index (χ4v) is 1.10. The Kier molecular flexibility index (Phi) is 2.02. The van der Waals surface area contributed by atoms with Crippen molar-refractivity contribution in [3.63, 3.8) is 0 Å². The number of hydrogen-bond donors (Lipinski definition) is 1. The molecule has 6 nitrogen and oxygen atoms in total. The van der Waals surface area contributed by atoms with Crippen molar-refractivity contribution in [1.29, 1.82) is 0 Å². The van der Waals surface area contributed by atoms with Crippen LogP contribution in [0.25, 0.3) is 11.5 Å². The number of nitrogen functional groups attached to an aromatic ring is 1. The number of nitrogens with two attached hydrogens (primary N) is 1. The van der Waals surface area contributed by atoms with Crippen LogP contribution in [-0.4, -0.2) is 27.0 Å². The zero-order valence-corrected chi connectivity index (χ0v) is 7.58. The van der Waals surface area contributed by atoms with E-state index in [1.165, 1.54) is 18.2 Å². The van der Waals surface area contributed by atoms with Crippen molar-refractivity contribution in [2.45, 2.75) is 0 Å². The molecular formula is C8H9N5O. The van der Waals surface area contributed by atoms with Gasteiger partial charge in [0.1, 0.15) is 18.6 Å². The van der Waals surface area contributed by atoms with Gasteiger partial charge in [0, 0.05) is 0 Å². The summed E-state index contributed by atoms with van der Waals surface area (Å²) in [6, 6.07) is 5.29. The van der Waals surface area contributed by atoms with Gasteiger partial charge in [-0.1, -0.05) is 6.07 Å². The summed E-state index contributed by atoms with van der Waals surface area (Å²) < 4.78 is 1.42. The molecule has 2 heterocycles. The van der Waals surface area contributed by atoms with Crippen molar-refractivity contribution in [2.75, 3.05) is 12.8 Å². The Balaban J connectivity index is 2.49. The first-order valence-electron chi connectivity index (χ1n) is 3.98. The molecule has 0 radical (unpaired) electrons. The van der Waals surface area contributed by atoms with Crippen LogP contribution in [0.1, 0.15) is 0 Å². The largest absolute Gasteiger partial charge is 0.414 e. The van der Waals surface area contributed by atoms with Crippen LogP contribution in [-0.2, 0) is 0 Å². The Morgan fingerprint density at radius 3 is 3.00 bits per heavy atom. The summed E-state index contributed by atoms with van der Waals surface area (Å²) in [5.74, 6) is 0.966. The number of pyridine rings is 1. The predicted molar refractivity (Wildman–Crippen MR) is 50.2 cm³/mol. The van der Waals surface area contributed by atoms with Crippen molar-refractivity contribution in [3.05, 3.63) is 24.5 Å². The molecule has 0 bridgehead atoms. The second kappa shape index (κ2) is 3.33. The summed E-state index contributed by atoms with van der Waals surface area (Å²) in [6.07, 6.45) is 1.46. The summed E-state index contributed by atoms with van der Waals surface area (Å²) in [6.45, 7) is 0. The minimum absolute atomic E-state index is 0.438. The quantitative estimate of drug-likeness (QED) is 0.721. The molecule has 0 atom stereocenters. The van der Waals surface area contributed by atoms with Crippen LogP contribution in [0.2, 0.25) is 0 Å². The summed E-state index contributed by atoms with van der Waals surface area (Å²) in [4.78, 5) is 9.09. The predicted octanol–water partition coefficient (Wildman–Crippen LogP) is -0.0193. The molecule has 0 saturated carbocycles. The maximum atomic E-state index is 5.55. The van der Waals surface area contributed by atoms with E-state index in [2.05, 4.69) is 15.2 Å². The van der Waals surface area contributed by atoms with Crippen LogP contribution in [0, 0.1) is 0 Å². The lowest BCUT2D eigenvalue weighted by molar-refractivity contribution is 0.170. The smallest absolute Gasteiger partial charge is 0.217 e. The summed E-state index contributed by atoms with van der Waals surface area (Å²) in [7, 11) is 1.53. The van der Waals surface area contributed by atoms with Gasteiger partial charge in [-0.3, -0.25) is 0 Å². The summed E-state index contributed by atoms with van der Waals surface area (Å²) in [5, 5.41) is 7.57. The maximum Gasteiger partial charge on any atom is 0.217 e. The molecule has 0 amide bonds. The summed E-state index contributed by atoms with van der Waals surface area (Å²) in [5.41, 5.74) is 6.18. The molecule has 2 N–H and O–H groups in total. The minimum Gasteiger partial charge on any atom is -0.414 e. The van der Waals surface area contributed by atoms with E-state index in [4.69, 9.17) is 10.6 Å². The highest BCUT2D eigenvalue weighted by Crippen LogP contribution is 2.13. The van der Waals surface area contributed by atoms with Crippen molar-refractivity contribution < 1.29 is 4.84 Å². The molecule has 72 valence electrons. The highest BCUT2D eigenvalue weighted by molar-refractivity contribution is 5.51. The van der Waals surface area contributed by atoms with E-state index in [0.717, 1.165) is 0 Å². The van der Waals surface area contributed by atoms with Crippen molar-refractivity contribution in [3.8, 4) is 11.5 Å². The fraction of sp³-hybridized carbons (Fsp3) is 0.125. The highest BCUT2D eigenvalue weighted by atomic mass is 16.6. The average Bonchev–Trinajstić information content (AvgIpc) is 2.65. The first-order valence-corrected chi connectivity index (χ1v) is 3.98. The third kappa shape index (κ3) is 1.37. The fourth-order valence-electron chi connectivity index (χ4n) is 1.10. The van der Waals surface area contributed by atoms with Crippen molar-refractivity contribution in [2.24, 2.45) is 0 Å². The molecule has 0 aliphatic rings. The molecule has 0 unspecified atom stereocenters. The van der Waals surface area contributed by atoms with Crippen molar-refractivity contribution >= 4 is 5.82 Å². The number of anilines is 1. The number of nitrogens with zero attached hydrogens (tertiary/aromatic N) is 4. The van der Waals surface area contributed by atoms with Crippen LogP contribution in [0.15, 0.2) is 24.5 Å². The van der Waals surface area contributed by atoms with Crippen LogP contribution in [0.3, 0.4) is 0 Å². The van der Waals surface area contributed by atoms with E-state index >= 15 is 0 Å². The molecular weight excluding hydrogens is 182 g/mol. The Labute approximate surface area is 80.3 Å². The minimum atomic E-state index is 0.438. The second-order valence-electron chi connectivity index (χ2n) is 2.61. The van der Waals surface area contributed by atoms with E-state index in [0.29, 0.717) is 17.3 Å². The van der Waals surface area contributed by atoms with Crippen molar-refractivity contribution in [1.82, 2.24) is 19.9 Å². The lowest BCUT2D eigenvalue weighted by atomic mass is 10.3. The molecule has 0 aliphatic carbocycles. The van der Waals surface area contributed by atoms with E-state index < -0.39 is 0 Å². The zero-order chi connectivity index (χ0) is 9.97. The van der Waals surface area contributed by atoms with Gasteiger partial charge >= 0.3 is 0 Å². The summed E-state index contributed by atoms with van der Waals surface area (Å²) >= 11 is 0. The highest BCUT2D eigenvalue weighted by Gasteiger charge is 2.08. The Morgan fingerprint density at radius 2 is 2.29 bits per heavy atom. The van der Waals surface area contributed by atoms with Gasteiger partial charge in [0.25, 0.3) is 0 Å². The Morgan fingerprint density at radius 1 is 1.43 bits per heavy atom. The lowest BCUT2D eigenvalue weighted by Gasteiger charge is -2.02. The number of rotatable bonds is 2. The molecule has 2 rings (SSSR count). The SMILES string of the molecule is COn1cnnc1-c1cccc(N)n1. The topological polar surface area (TPSA) is 78.8 Å². The van der Waals surface area contributed by atoms with E-state index in [-0.39, 0.29) is 0 Å². The monoisotopic (exact) mass is 191 g/mol. The van der Waals surface area contributed by atoms with Crippen LogP contribution in [0.5, 0.6) is 0 Å². The Hall–Kier alpha value is -2.11. The lowest BCUT2D eigenvalue weighted by Crippen LogP contribution is -2.07. The van der Waals surface area contributed by atoms with Gasteiger partial charge in [-0.15, -0.1) is 14.9 Å². The molecule has 0 spiro atoms. The number of hydrogen-bond acceptors (Lipinski definition) is 5. The van der Waals surface area contributed by atoms with Gasteiger partial charge in [-0.25, -0.2) is 4.98 Å². The third-order valence-corrected chi connectivity index (χ3v) is 1.71. The molecule has 14 heavy (non-hydrogen) atoms. The normalized spacial score (nSPS) is 10.1. The van der Waals surface area contributed by atoms with Crippen LogP contribution in [0.4, 0.5) is 5.82 Å². The van der Waals surface area contributed by atoms with Gasteiger partial charge < -0.3 is 10.6 Å². The molecule has 6 heteroatoms. The van der Waals surface area contributed by atoms with Gasteiger partial charge in [-0.05, 0) is 12.1 Å². The molecule has 0 saturated heterocycles. The van der Waals surface area contributed by atoms with E-state index in [1.807, 2.05) is 0 Å². The average molecular weight is 191 g/mol. The maximum absolute atomic E-state index is 5.55. The van der Waals surface area contributed by atoms with Crippen LogP contribution >= 0.6 is 0 Å². The van der Waals surface area contributed by atoms with E-state index in [1.54, 1.807) is 18.2 Å². The van der Waals surface area contributed by atoms with Gasteiger partial charge in [0.15, 0.2) is 6.33 Å². The zero-order valence-electron chi connectivity index (χ0n) is 7.58. The van der Waals surface area contributed by atoms with Gasteiger partial charge in [-0.2, -0.15) is 0 Å². The first-order chi connectivity index (χ1) is 6.81. The standard InChI is InChI=1S/C8H9N5O/c1-14-13-5-10-12-8(13)6-3-2-4-7(9)11-6/h2-5H,1H3,(H2,9,11). The van der Waals surface area contributed by atoms with Gasteiger partial charge in [0.2, 0.25) is 5.82 Å². The van der Waals surface area contributed by atoms with Gasteiger partial charge in [0.05, 0.1) is 0 Å². The second-order valence-corrected chi connectivity index (χ2v) is 2.61. The van der Waals surface area contributed by atoms with Crippen LogP contribution < -0.4 is 10.6 Å². The first kappa shape index (κ1) is 8.49. The molecule has 0 aliphatic heterocycles. The molecule has 2 aromatic rings. The number of aromatic nitrogens is 4. The molecule has 2 aromatic heterocycles.